The number of para-hydroxylation sites is 1. The Morgan fingerprint density at radius 1 is 1.04 bits per heavy atom. The molecule has 1 aromatic heterocycles. The van der Waals surface area contributed by atoms with Crippen molar-refractivity contribution in [3.8, 4) is 0 Å². The lowest BCUT2D eigenvalue weighted by Crippen LogP contribution is -2.48. The number of amides is 1. The van der Waals surface area contributed by atoms with Crippen molar-refractivity contribution in [3.05, 3.63) is 76.5 Å². The van der Waals surface area contributed by atoms with Crippen LogP contribution < -0.4 is 4.90 Å². The largest absolute Gasteiger partial charge is 0.457 e. The van der Waals surface area contributed by atoms with Gasteiger partial charge in [-0.05, 0) is 30.3 Å². The molecule has 0 aliphatic carbocycles. The number of piperazine rings is 1. The number of carbonyl (C=O) groups excluding carboxylic acids is 1. The zero-order chi connectivity index (χ0) is 19.5. The van der Waals surface area contributed by atoms with Crippen molar-refractivity contribution in [2.45, 2.75) is 0 Å². The van der Waals surface area contributed by atoms with E-state index in [0.717, 1.165) is 16.7 Å². The van der Waals surface area contributed by atoms with Crippen molar-refractivity contribution in [3.63, 3.8) is 0 Å². The SMILES string of the molecule is O=C(/C=C/c1cc2ccccc2o1)N1CCN(c2ccc([N+](=O)[O-])cc2)CC1. The number of anilines is 1. The number of nitro groups is 1. The van der Waals surface area contributed by atoms with Gasteiger partial charge in [0.15, 0.2) is 0 Å². The van der Waals surface area contributed by atoms with Crippen LogP contribution in [0.3, 0.4) is 0 Å². The average molecular weight is 377 g/mol. The summed E-state index contributed by atoms with van der Waals surface area (Å²) in [7, 11) is 0. The molecule has 1 amide bonds. The molecule has 142 valence electrons. The van der Waals surface area contributed by atoms with Gasteiger partial charge in [-0.15, -0.1) is 0 Å². The molecule has 0 unspecified atom stereocenters. The van der Waals surface area contributed by atoms with Crippen molar-refractivity contribution in [1.29, 1.82) is 0 Å². The van der Waals surface area contributed by atoms with E-state index in [1.54, 1.807) is 29.2 Å². The first kappa shape index (κ1) is 17.8. The number of hydrogen-bond acceptors (Lipinski definition) is 5. The maximum absolute atomic E-state index is 12.5. The molecule has 2 aromatic carbocycles. The Bertz CT molecular complexity index is 998. The van der Waals surface area contributed by atoms with Gasteiger partial charge in [-0.3, -0.25) is 14.9 Å². The van der Waals surface area contributed by atoms with E-state index < -0.39 is 4.92 Å². The summed E-state index contributed by atoms with van der Waals surface area (Å²) in [5, 5.41) is 11.8. The second kappa shape index (κ2) is 7.56. The Kier molecular flexibility index (Phi) is 4.80. The van der Waals surface area contributed by atoms with Gasteiger partial charge in [0, 0.05) is 55.5 Å². The molecule has 7 nitrogen and oxygen atoms in total. The number of non-ortho nitro benzene ring substituents is 1. The summed E-state index contributed by atoms with van der Waals surface area (Å²) >= 11 is 0. The number of hydrogen-bond donors (Lipinski definition) is 0. The molecule has 4 rings (SSSR count). The summed E-state index contributed by atoms with van der Waals surface area (Å²) in [5.41, 5.74) is 1.80. The van der Waals surface area contributed by atoms with Crippen LogP contribution in [-0.4, -0.2) is 41.9 Å². The summed E-state index contributed by atoms with van der Waals surface area (Å²) in [6.45, 7) is 2.56. The Morgan fingerprint density at radius 3 is 2.43 bits per heavy atom. The van der Waals surface area contributed by atoms with E-state index >= 15 is 0 Å². The lowest BCUT2D eigenvalue weighted by Gasteiger charge is -2.35. The Labute approximate surface area is 161 Å². The van der Waals surface area contributed by atoms with Gasteiger partial charge in [-0.2, -0.15) is 0 Å². The number of rotatable bonds is 4. The Hall–Kier alpha value is -3.61. The third-order valence-corrected chi connectivity index (χ3v) is 4.85. The first-order valence-electron chi connectivity index (χ1n) is 9.05. The van der Waals surface area contributed by atoms with Gasteiger partial charge in [0.25, 0.3) is 5.69 Å². The highest BCUT2D eigenvalue weighted by Crippen LogP contribution is 2.22. The van der Waals surface area contributed by atoms with Crippen LogP contribution in [-0.2, 0) is 4.79 Å². The average Bonchev–Trinajstić information content (AvgIpc) is 3.15. The summed E-state index contributed by atoms with van der Waals surface area (Å²) < 4.78 is 5.69. The van der Waals surface area contributed by atoms with Crippen LogP contribution in [0.1, 0.15) is 5.76 Å². The minimum absolute atomic E-state index is 0.0520. The quantitative estimate of drug-likeness (QED) is 0.393. The summed E-state index contributed by atoms with van der Waals surface area (Å²) in [6, 6.07) is 16.1. The van der Waals surface area contributed by atoms with Gasteiger partial charge in [0.1, 0.15) is 11.3 Å². The highest BCUT2D eigenvalue weighted by atomic mass is 16.6. The number of benzene rings is 2. The van der Waals surface area contributed by atoms with Crippen LogP contribution in [0.4, 0.5) is 11.4 Å². The first-order chi connectivity index (χ1) is 13.6. The number of furan rings is 1. The van der Waals surface area contributed by atoms with Gasteiger partial charge in [0.2, 0.25) is 5.91 Å². The van der Waals surface area contributed by atoms with E-state index in [1.807, 2.05) is 30.3 Å². The number of nitrogens with zero attached hydrogens (tertiary/aromatic N) is 3. The van der Waals surface area contributed by atoms with Crippen LogP contribution >= 0.6 is 0 Å². The Morgan fingerprint density at radius 2 is 1.75 bits per heavy atom. The van der Waals surface area contributed by atoms with Crippen LogP contribution in [0.15, 0.2) is 65.1 Å². The molecule has 1 saturated heterocycles. The van der Waals surface area contributed by atoms with Crippen molar-refractivity contribution in [1.82, 2.24) is 4.90 Å². The van der Waals surface area contributed by atoms with E-state index in [4.69, 9.17) is 4.42 Å². The van der Waals surface area contributed by atoms with Crippen molar-refractivity contribution >= 4 is 34.3 Å². The third-order valence-electron chi connectivity index (χ3n) is 4.85. The highest BCUT2D eigenvalue weighted by Gasteiger charge is 2.20. The van der Waals surface area contributed by atoms with Gasteiger partial charge < -0.3 is 14.2 Å². The zero-order valence-corrected chi connectivity index (χ0v) is 15.2. The molecule has 1 aliphatic heterocycles. The van der Waals surface area contributed by atoms with Crippen LogP contribution in [0.25, 0.3) is 17.0 Å². The number of nitro benzene ring substituents is 1. The topological polar surface area (TPSA) is 79.8 Å². The summed E-state index contributed by atoms with van der Waals surface area (Å²) in [6.07, 6.45) is 3.24. The molecule has 2 heterocycles. The Balaban J connectivity index is 1.35. The standard InChI is InChI=1S/C21H19N3O4/c25-21(10-9-19-15-16-3-1-2-4-20(16)28-19)23-13-11-22(12-14-23)17-5-7-18(8-6-17)24(26)27/h1-10,15H,11-14H2/b10-9+. The van der Waals surface area contributed by atoms with Crippen LogP contribution in [0.5, 0.6) is 0 Å². The maximum Gasteiger partial charge on any atom is 0.269 e. The van der Waals surface area contributed by atoms with E-state index in [2.05, 4.69) is 4.90 Å². The number of carbonyl (C=O) groups is 1. The second-order valence-corrected chi connectivity index (χ2v) is 6.61. The maximum atomic E-state index is 12.5. The van der Waals surface area contributed by atoms with Crippen molar-refractivity contribution in [2.24, 2.45) is 0 Å². The molecule has 0 saturated carbocycles. The minimum atomic E-state index is -0.408. The van der Waals surface area contributed by atoms with E-state index in [-0.39, 0.29) is 11.6 Å². The predicted octanol–water partition coefficient (Wildman–Crippen LogP) is 3.70. The minimum Gasteiger partial charge on any atom is -0.457 e. The molecule has 0 N–H and O–H groups in total. The zero-order valence-electron chi connectivity index (χ0n) is 15.2. The molecule has 1 aliphatic rings. The van der Waals surface area contributed by atoms with Gasteiger partial charge >= 0.3 is 0 Å². The second-order valence-electron chi connectivity index (χ2n) is 6.61. The van der Waals surface area contributed by atoms with Crippen LogP contribution in [0.2, 0.25) is 0 Å². The molecule has 0 atom stereocenters. The van der Waals surface area contributed by atoms with Crippen LogP contribution in [0, 0.1) is 10.1 Å². The fraction of sp³-hybridized carbons (Fsp3) is 0.190. The molecule has 0 bridgehead atoms. The summed E-state index contributed by atoms with van der Waals surface area (Å²) in [5.74, 6) is 0.600. The smallest absolute Gasteiger partial charge is 0.269 e. The van der Waals surface area contributed by atoms with E-state index in [0.29, 0.717) is 31.9 Å². The monoisotopic (exact) mass is 377 g/mol. The lowest BCUT2D eigenvalue weighted by molar-refractivity contribution is -0.384. The fourth-order valence-corrected chi connectivity index (χ4v) is 3.31. The first-order valence-corrected chi connectivity index (χ1v) is 9.05. The number of fused-ring (bicyclic) bond motifs is 1. The molecular formula is C21H19N3O4. The molecule has 7 heteroatoms. The molecule has 28 heavy (non-hydrogen) atoms. The van der Waals surface area contributed by atoms with Gasteiger partial charge in [-0.25, -0.2) is 0 Å². The lowest BCUT2D eigenvalue weighted by atomic mass is 10.2. The van der Waals surface area contributed by atoms with E-state index in [9.17, 15) is 14.9 Å². The fourth-order valence-electron chi connectivity index (χ4n) is 3.31. The highest BCUT2D eigenvalue weighted by molar-refractivity contribution is 5.92. The summed E-state index contributed by atoms with van der Waals surface area (Å²) in [4.78, 5) is 26.7. The van der Waals surface area contributed by atoms with Crippen molar-refractivity contribution in [2.75, 3.05) is 31.1 Å². The third kappa shape index (κ3) is 3.73. The van der Waals surface area contributed by atoms with E-state index in [1.165, 1.54) is 12.1 Å². The van der Waals surface area contributed by atoms with Gasteiger partial charge in [-0.1, -0.05) is 18.2 Å². The van der Waals surface area contributed by atoms with Crippen molar-refractivity contribution < 1.29 is 14.1 Å². The molecule has 3 aromatic rings. The molecule has 0 radical (unpaired) electrons. The molecule has 0 spiro atoms. The molecule has 1 fully saturated rings. The molecular weight excluding hydrogens is 358 g/mol. The predicted molar refractivity (Wildman–Crippen MR) is 107 cm³/mol. The normalized spacial score (nSPS) is 14.7. The van der Waals surface area contributed by atoms with Gasteiger partial charge in [0.05, 0.1) is 4.92 Å².